The molecule has 33 heavy (non-hydrogen) atoms. The van der Waals surface area contributed by atoms with E-state index in [1.165, 1.54) is 43.9 Å². The van der Waals surface area contributed by atoms with E-state index in [-0.39, 0.29) is 29.5 Å². The van der Waals surface area contributed by atoms with E-state index >= 15 is 0 Å². The molecular formula is C26H33N3O3S. The fourth-order valence-corrected chi connectivity index (χ4v) is 4.75. The van der Waals surface area contributed by atoms with Crippen molar-refractivity contribution in [1.82, 2.24) is 10.6 Å². The standard InChI is InChI=1S/C26H33N3O3S/c1-18(2)28-25(31)20-12-14-21(15-13-20)29-26(32)22-10-6-7-11-23(22)33-17-24(30)27-16-19-8-4-3-5-9-19/h6-7,10-15,18-19H,3-5,8-9,16-17H2,1-2H3,(H,27,30)(H,28,31)(H,29,32). The van der Waals surface area contributed by atoms with Crippen LogP contribution in [0.2, 0.25) is 0 Å². The number of carbonyl (C=O) groups is 3. The number of hydrogen-bond donors (Lipinski definition) is 3. The molecule has 0 radical (unpaired) electrons. The minimum absolute atomic E-state index is 0.00366. The maximum atomic E-state index is 12.9. The summed E-state index contributed by atoms with van der Waals surface area (Å²) >= 11 is 1.37. The smallest absolute Gasteiger partial charge is 0.256 e. The summed E-state index contributed by atoms with van der Waals surface area (Å²) in [5.41, 5.74) is 1.66. The first-order valence-corrected chi connectivity index (χ1v) is 12.6. The SMILES string of the molecule is CC(C)NC(=O)c1ccc(NC(=O)c2ccccc2SCC(=O)NCC2CCCCC2)cc1. The van der Waals surface area contributed by atoms with Crippen LogP contribution in [0.1, 0.15) is 66.7 Å². The summed E-state index contributed by atoms with van der Waals surface area (Å²) in [5, 5.41) is 8.76. The zero-order valence-corrected chi connectivity index (χ0v) is 20.2. The molecule has 2 aromatic rings. The fraction of sp³-hybridized carbons (Fsp3) is 0.423. The Kier molecular flexibility index (Phi) is 9.36. The minimum atomic E-state index is -0.250. The van der Waals surface area contributed by atoms with Crippen LogP contribution in [0.4, 0.5) is 5.69 Å². The molecule has 3 N–H and O–H groups in total. The highest BCUT2D eigenvalue weighted by Gasteiger charge is 2.16. The van der Waals surface area contributed by atoms with Crippen LogP contribution < -0.4 is 16.0 Å². The van der Waals surface area contributed by atoms with Gasteiger partial charge in [0.05, 0.1) is 11.3 Å². The summed E-state index contributed by atoms with van der Waals surface area (Å²) in [6, 6.07) is 14.1. The summed E-state index contributed by atoms with van der Waals surface area (Å²) in [5.74, 6) is 0.465. The van der Waals surface area contributed by atoms with Gasteiger partial charge in [0.1, 0.15) is 0 Å². The van der Waals surface area contributed by atoms with Crippen LogP contribution >= 0.6 is 11.8 Å². The zero-order chi connectivity index (χ0) is 23.6. The van der Waals surface area contributed by atoms with E-state index < -0.39 is 0 Å². The van der Waals surface area contributed by atoms with Crippen molar-refractivity contribution in [3.8, 4) is 0 Å². The van der Waals surface area contributed by atoms with Crippen LogP contribution in [0.3, 0.4) is 0 Å². The highest BCUT2D eigenvalue weighted by Crippen LogP contribution is 2.25. The van der Waals surface area contributed by atoms with Crippen molar-refractivity contribution in [2.24, 2.45) is 5.92 Å². The molecule has 0 bridgehead atoms. The molecule has 3 amide bonds. The van der Waals surface area contributed by atoms with Gasteiger partial charge in [0.15, 0.2) is 0 Å². The van der Waals surface area contributed by atoms with E-state index in [0.29, 0.717) is 22.7 Å². The van der Waals surface area contributed by atoms with E-state index in [1.807, 2.05) is 32.0 Å². The van der Waals surface area contributed by atoms with Crippen LogP contribution in [0.5, 0.6) is 0 Å². The molecule has 1 aliphatic rings. The number of benzene rings is 2. The number of amides is 3. The van der Waals surface area contributed by atoms with Gasteiger partial charge in [-0.25, -0.2) is 0 Å². The normalized spacial score (nSPS) is 14.0. The Labute approximate surface area is 200 Å². The number of nitrogens with one attached hydrogen (secondary N) is 3. The van der Waals surface area contributed by atoms with Crippen LogP contribution in [0.25, 0.3) is 0 Å². The maximum Gasteiger partial charge on any atom is 0.256 e. The molecule has 0 unspecified atom stereocenters. The second kappa shape index (κ2) is 12.4. The van der Waals surface area contributed by atoms with E-state index in [9.17, 15) is 14.4 Å². The minimum Gasteiger partial charge on any atom is -0.355 e. The third-order valence-corrected chi connectivity index (χ3v) is 6.70. The third-order valence-electron chi connectivity index (χ3n) is 5.63. The quantitative estimate of drug-likeness (QED) is 0.460. The largest absolute Gasteiger partial charge is 0.355 e. The van der Waals surface area contributed by atoms with Crippen molar-refractivity contribution in [2.75, 3.05) is 17.6 Å². The molecule has 0 aliphatic heterocycles. The van der Waals surface area contributed by atoms with E-state index in [1.54, 1.807) is 30.3 Å². The molecule has 0 spiro atoms. The molecule has 0 saturated heterocycles. The van der Waals surface area contributed by atoms with Gasteiger partial charge >= 0.3 is 0 Å². The maximum absolute atomic E-state index is 12.9. The van der Waals surface area contributed by atoms with Crippen LogP contribution in [-0.4, -0.2) is 36.1 Å². The van der Waals surface area contributed by atoms with Gasteiger partial charge in [-0.05, 0) is 69.0 Å². The monoisotopic (exact) mass is 467 g/mol. The number of carbonyl (C=O) groups excluding carboxylic acids is 3. The fourth-order valence-electron chi connectivity index (χ4n) is 3.87. The predicted molar refractivity (Wildman–Crippen MR) is 134 cm³/mol. The highest BCUT2D eigenvalue weighted by atomic mass is 32.2. The lowest BCUT2D eigenvalue weighted by molar-refractivity contribution is -0.118. The van der Waals surface area contributed by atoms with Crippen molar-refractivity contribution in [1.29, 1.82) is 0 Å². The Morgan fingerprint density at radius 1 is 0.939 bits per heavy atom. The molecule has 7 heteroatoms. The third kappa shape index (κ3) is 7.93. The zero-order valence-electron chi connectivity index (χ0n) is 19.4. The highest BCUT2D eigenvalue weighted by molar-refractivity contribution is 8.00. The van der Waals surface area contributed by atoms with Gasteiger partial charge in [-0.3, -0.25) is 14.4 Å². The van der Waals surface area contributed by atoms with Gasteiger partial charge < -0.3 is 16.0 Å². The lowest BCUT2D eigenvalue weighted by atomic mass is 9.89. The van der Waals surface area contributed by atoms with E-state index in [2.05, 4.69) is 16.0 Å². The predicted octanol–water partition coefficient (Wildman–Crippen LogP) is 4.87. The van der Waals surface area contributed by atoms with Crippen molar-refractivity contribution in [3.63, 3.8) is 0 Å². The average Bonchev–Trinajstić information content (AvgIpc) is 2.82. The van der Waals surface area contributed by atoms with Gasteiger partial charge in [-0.15, -0.1) is 11.8 Å². The summed E-state index contributed by atoms with van der Waals surface area (Å²) in [7, 11) is 0. The first kappa shape index (κ1) is 24.8. The molecule has 0 heterocycles. The van der Waals surface area contributed by atoms with Crippen molar-refractivity contribution < 1.29 is 14.4 Å². The van der Waals surface area contributed by atoms with Gasteiger partial charge in [0.25, 0.3) is 11.8 Å². The molecule has 6 nitrogen and oxygen atoms in total. The molecule has 176 valence electrons. The van der Waals surface area contributed by atoms with E-state index in [0.717, 1.165) is 11.4 Å². The number of thioether (sulfide) groups is 1. The molecule has 1 aliphatic carbocycles. The van der Waals surface area contributed by atoms with Gasteiger partial charge in [-0.1, -0.05) is 31.4 Å². The molecule has 2 aromatic carbocycles. The molecule has 1 fully saturated rings. The van der Waals surface area contributed by atoms with Crippen LogP contribution in [0.15, 0.2) is 53.4 Å². The Bertz CT molecular complexity index is 954. The Morgan fingerprint density at radius 3 is 2.33 bits per heavy atom. The average molecular weight is 468 g/mol. The first-order valence-electron chi connectivity index (χ1n) is 11.6. The topological polar surface area (TPSA) is 87.3 Å². The summed E-state index contributed by atoms with van der Waals surface area (Å²) in [6.45, 7) is 4.55. The van der Waals surface area contributed by atoms with E-state index in [4.69, 9.17) is 0 Å². The summed E-state index contributed by atoms with van der Waals surface area (Å²) in [6.07, 6.45) is 6.20. The number of anilines is 1. The summed E-state index contributed by atoms with van der Waals surface area (Å²) < 4.78 is 0. The number of hydrogen-bond acceptors (Lipinski definition) is 4. The van der Waals surface area contributed by atoms with Crippen LogP contribution in [0, 0.1) is 5.92 Å². The lowest BCUT2D eigenvalue weighted by Crippen LogP contribution is -2.31. The molecule has 0 aromatic heterocycles. The van der Waals surface area contributed by atoms with Gasteiger partial charge in [0.2, 0.25) is 5.91 Å². The number of rotatable bonds is 9. The van der Waals surface area contributed by atoms with Crippen molar-refractivity contribution in [2.45, 2.75) is 56.9 Å². The molecular weight excluding hydrogens is 434 g/mol. The molecule has 1 saturated carbocycles. The molecule has 0 atom stereocenters. The lowest BCUT2D eigenvalue weighted by Gasteiger charge is -2.21. The molecule has 3 rings (SSSR count). The first-order chi connectivity index (χ1) is 15.9. The summed E-state index contributed by atoms with van der Waals surface area (Å²) in [4.78, 5) is 38.0. The Hall–Kier alpha value is -2.80. The second-order valence-electron chi connectivity index (χ2n) is 8.75. The van der Waals surface area contributed by atoms with Gasteiger partial charge in [-0.2, -0.15) is 0 Å². The second-order valence-corrected chi connectivity index (χ2v) is 9.77. The van der Waals surface area contributed by atoms with Crippen LogP contribution in [-0.2, 0) is 4.79 Å². The Balaban J connectivity index is 1.54. The van der Waals surface area contributed by atoms with Crippen molar-refractivity contribution in [3.05, 3.63) is 59.7 Å². The van der Waals surface area contributed by atoms with Gasteiger partial charge in [0, 0.05) is 28.7 Å². The Morgan fingerprint density at radius 2 is 1.64 bits per heavy atom. The van der Waals surface area contributed by atoms with Crippen molar-refractivity contribution >= 4 is 35.2 Å².